The predicted octanol–water partition coefficient (Wildman–Crippen LogP) is 3.60. The number of aliphatic hydroxyl groups is 1. The van der Waals surface area contributed by atoms with Crippen LogP contribution in [0.3, 0.4) is 0 Å². The molecule has 0 saturated carbocycles. The lowest BCUT2D eigenvalue weighted by Gasteiger charge is -2.16. The largest absolute Gasteiger partial charge is 0.450 e. The molecule has 24 heavy (non-hydrogen) atoms. The number of aliphatic hydroxyl groups excluding tert-OH is 1. The topological polar surface area (TPSA) is 59.1 Å². The Kier molecular flexibility index (Phi) is 4.71. The van der Waals surface area contributed by atoms with Gasteiger partial charge in [-0.05, 0) is 71.4 Å². The molecule has 1 saturated heterocycles. The number of carbonyl (C=O) groups is 1. The highest BCUT2D eigenvalue weighted by Crippen LogP contribution is 2.44. The number of fused-ring (bicyclic) bond motifs is 2. The fourth-order valence-electron chi connectivity index (χ4n) is 3.68. The molecule has 0 bridgehead atoms. The van der Waals surface area contributed by atoms with Crippen molar-refractivity contribution >= 4 is 5.97 Å². The van der Waals surface area contributed by atoms with E-state index in [1.807, 2.05) is 13.8 Å². The third-order valence-electron chi connectivity index (χ3n) is 5.72. The summed E-state index contributed by atoms with van der Waals surface area (Å²) < 4.78 is 11.3. The minimum absolute atomic E-state index is 0.107. The molecule has 1 N–H and O–H groups in total. The zero-order chi connectivity index (χ0) is 17.5. The molecule has 4 heteroatoms. The molecule has 0 spiro atoms. The highest BCUT2D eigenvalue weighted by atomic mass is 16.6. The van der Waals surface area contributed by atoms with Crippen LogP contribution in [-0.2, 0) is 14.3 Å². The summed E-state index contributed by atoms with van der Waals surface area (Å²) in [4.78, 5) is 11.9. The van der Waals surface area contributed by atoms with Crippen molar-refractivity contribution < 1.29 is 19.4 Å². The molecule has 0 unspecified atom stereocenters. The van der Waals surface area contributed by atoms with Crippen molar-refractivity contribution in [1.29, 1.82) is 0 Å². The van der Waals surface area contributed by atoms with Crippen molar-refractivity contribution in [1.82, 2.24) is 0 Å². The van der Waals surface area contributed by atoms with Crippen LogP contribution in [0.2, 0.25) is 0 Å². The van der Waals surface area contributed by atoms with Crippen molar-refractivity contribution in [3.63, 3.8) is 0 Å². The van der Waals surface area contributed by atoms with E-state index >= 15 is 0 Å². The van der Waals surface area contributed by atoms with E-state index in [1.54, 1.807) is 0 Å². The zero-order valence-corrected chi connectivity index (χ0v) is 15.1. The Balaban J connectivity index is 1.83. The number of carbonyl (C=O) groups excluding carboxylic acids is 1. The van der Waals surface area contributed by atoms with Crippen LogP contribution in [0, 0.1) is 0 Å². The highest BCUT2D eigenvalue weighted by molar-refractivity contribution is 5.92. The Morgan fingerprint density at radius 1 is 1.17 bits per heavy atom. The fourth-order valence-corrected chi connectivity index (χ4v) is 3.68. The van der Waals surface area contributed by atoms with Gasteiger partial charge < -0.3 is 14.6 Å². The third kappa shape index (κ3) is 3.35. The van der Waals surface area contributed by atoms with Crippen LogP contribution in [0.5, 0.6) is 0 Å². The second kappa shape index (κ2) is 6.49. The average Bonchev–Trinajstić information content (AvgIpc) is 3.13. The van der Waals surface area contributed by atoms with Crippen molar-refractivity contribution in [3.05, 3.63) is 34.4 Å². The molecule has 132 valence electrons. The monoisotopic (exact) mass is 332 g/mol. The molecular weight excluding hydrogens is 304 g/mol. The lowest BCUT2D eigenvalue weighted by atomic mass is 9.91. The van der Waals surface area contributed by atoms with Crippen LogP contribution in [0.15, 0.2) is 34.4 Å². The molecule has 0 amide bonds. The molecule has 0 aromatic carbocycles. The average molecular weight is 332 g/mol. The summed E-state index contributed by atoms with van der Waals surface area (Å²) in [5.41, 5.74) is 3.87. The number of hydrogen-bond donors (Lipinski definition) is 1. The Morgan fingerprint density at radius 3 is 2.67 bits per heavy atom. The van der Waals surface area contributed by atoms with Crippen LogP contribution in [0.25, 0.3) is 0 Å². The molecule has 1 fully saturated rings. The molecule has 2 aliphatic heterocycles. The Bertz CT molecular complexity index is 628. The Hall–Kier alpha value is -1.39. The van der Waals surface area contributed by atoms with Gasteiger partial charge >= 0.3 is 5.97 Å². The summed E-state index contributed by atoms with van der Waals surface area (Å²) in [6.45, 7) is 8.01. The number of esters is 1. The van der Waals surface area contributed by atoms with Gasteiger partial charge in [-0.25, -0.2) is 4.79 Å². The minimum Gasteiger partial charge on any atom is -0.450 e. The fraction of sp³-hybridized carbons (Fsp3) is 0.650. The number of ether oxygens (including phenoxy) is 2. The summed E-state index contributed by atoms with van der Waals surface area (Å²) in [6, 6.07) is 0. The number of epoxide rings is 1. The second-order valence-electron chi connectivity index (χ2n) is 7.62. The first-order valence-electron chi connectivity index (χ1n) is 8.90. The highest BCUT2D eigenvalue weighted by Gasteiger charge is 2.56. The van der Waals surface area contributed by atoms with Crippen molar-refractivity contribution in [2.24, 2.45) is 0 Å². The van der Waals surface area contributed by atoms with E-state index in [0.29, 0.717) is 6.42 Å². The van der Waals surface area contributed by atoms with Crippen molar-refractivity contribution in [3.8, 4) is 0 Å². The van der Waals surface area contributed by atoms with Crippen LogP contribution >= 0.6 is 0 Å². The smallest absolute Gasteiger partial charge is 0.334 e. The summed E-state index contributed by atoms with van der Waals surface area (Å²) in [6.07, 6.45) is 7.69. The van der Waals surface area contributed by atoms with E-state index in [9.17, 15) is 9.90 Å². The minimum atomic E-state index is -0.463. The maximum absolute atomic E-state index is 11.9. The Morgan fingerprint density at radius 2 is 1.92 bits per heavy atom. The van der Waals surface area contributed by atoms with Gasteiger partial charge in [0, 0.05) is 5.57 Å². The first kappa shape index (κ1) is 17.4. The molecule has 3 rings (SSSR count). The molecule has 1 aliphatic carbocycles. The van der Waals surface area contributed by atoms with Gasteiger partial charge in [-0.3, -0.25) is 0 Å². The van der Waals surface area contributed by atoms with Crippen LogP contribution in [0.1, 0.15) is 59.8 Å². The van der Waals surface area contributed by atoms with Crippen molar-refractivity contribution in [2.75, 3.05) is 0 Å². The maximum Gasteiger partial charge on any atom is 0.334 e. The van der Waals surface area contributed by atoms with Gasteiger partial charge in [0.2, 0.25) is 0 Å². The van der Waals surface area contributed by atoms with Crippen LogP contribution < -0.4 is 0 Å². The SMILES string of the molecule is CC1=C2CC/C(C)=C\C[C@H](O)[C@]3(C)O[C@H]3CC/C(C)=C\[C@@H]2OC1=O. The van der Waals surface area contributed by atoms with E-state index in [2.05, 4.69) is 26.0 Å². The summed E-state index contributed by atoms with van der Waals surface area (Å²) in [5.74, 6) is -0.196. The molecule has 2 heterocycles. The maximum atomic E-state index is 11.9. The van der Waals surface area contributed by atoms with Crippen molar-refractivity contribution in [2.45, 2.75) is 83.7 Å². The molecule has 0 aromatic heterocycles. The zero-order valence-electron chi connectivity index (χ0n) is 15.1. The number of rotatable bonds is 0. The van der Waals surface area contributed by atoms with E-state index in [1.165, 1.54) is 11.1 Å². The summed E-state index contributed by atoms with van der Waals surface area (Å²) in [5, 5.41) is 10.4. The molecule has 3 aliphatic rings. The number of allylic oxidation sites excluding steroid dienone is 2. The van der Waals surface area contributed by atoms with Crippen LogP contribution in [-0.4, -0.2) is 35.0 Å². The normalized spacial score (nSPS) is 42.0. The van der Waals surface area contributed by atoms with Gasteiger partial charge in [0.15, 0.2) is 0 Å². The number of hydrogen-bond acceptors (Lipinski definition) is 4. The van der Waals surface area contributed by atoms with Gasteiger partial charge in [0.25, 0.3) is 0 Å². The molecule has 0 radical (unpaired) electrons. The predicted molar refractivity (Wildman–Crippen MR) is 92.5 cm³/mol. The van der Waals surface area contributed by atoms with E-state index in [0.717, 1.165) is 36.8 Å². The molecule has 4 nitrogen and oxygen atoms in total. The quantitative estimate of drug-likeness (QED) is 0.418. The first-order chi connectivity index (χ1) is 11.3. The Labute approximate surface area is 144 Å². The summed E-state index contributed by atoms with van der Waals surface area (Å²) in [7, 11) is 0. The van der Waals surface area contributed by atoms with Gasteiger partial charge in [-0.1, -0.05) is 17.2 Å². The third-order valence-corrected chi connectivity index (χ3v) is 5.72. The van der Waals surface area contributed by atoms with Gasteiger partial charge in [-0.2, -0.15) is 0 Å². The lowest BCUT2D eigenvalue weighted by molar-refractivity contribution is -0.138. The molecule has 4 atom stereocenters. The first-order valence-corrected chi connectivity index (χ1v) is 8.90. The summed E-state index contributed by atoms with van der Waals surface area (Å²) >= 11 is 0. The second-order valence-corrected chi connectivity index (χ2v) is 7.62. The van der Waals surface area contributed by atoms with Gasteiger partial charge in [0.05, 0.1) is 12.2 Å². The van der Waals surface area contributed by atoms with Gasteiger partial charge in [0.1, 0.15) is 11.7 Å². The lowest BCUT2D eigenvalue weighted by Crippen LogP contribution is -2.28. The van der Waals surface area contributed by atoms with Crippen LogP contribution in [0.4, 0.5) is 0 Å². The van der Waals surface area contributed by atoms with Gasteiger partial charge in [-0.15, -0.1) is 0 Å². The standard InChI is InChI=1S/C20H28O4/c1-12-5-8-15-14(3)19(22)23-16(15)11-13(2)7-10-18-20(4,24-18)17(21)9-6-12/h6,11,16-18,21H,5,7-10H2,1-4H3/b12-6-,13-11-/t16-,17-,18-,20-/m0/s1. The van der Waals surface area contributed by atoms with E-state index in [-0.39, 0.29) is 18.2 Å². The van der Waals surface area contributed by atoms with E-state index < -0.39 is 11.7 Å². The molecule has 0 aromatic rings. The molecular formula is C20H28O4. The van der Waals surface area contributed by atoms with E-state index in [4.69, 9.17) is 9.47 Å².